The van der Waals surface area contributed by atoms with E-state index in [-0.39, 0.29) is 24.6 Å². The van der Waals surface area contributed by atoms with Gasteiger partial charge in [-0.05, 0) is 25.7 Å². The fourth-order valence-corrected chi connectivity index (χ4v) is 1.95. The lowest BCUT2D eigenvalue weighted by Gasteiger charge is -2.34. The van der Waals surface area contributed by atoms with Gasteiger partial charge in [0.15, 0.2) is 0 Å². The van der Waals surface area contributed by atoms with Crippen molar-refractivity contribution < 1.29 is 19.8 Å². The molecule has 6 nitrogen and oxygen atoms in total. The van der Waals surface area contributed by atoms with Gasteiger partial charge in [0.05, 0.1) is 12.5 Å². The topological polar surface area (TPSA) is 89.9 Å². The van der Waals surface area contributed by atoms with Crippen LogP contribution in [0.2, 0.25) is 0 Å². The summed E-state index contributed by atoms with van der Waals surface area (Å²) < 4.78 is 0. The zero-order valence-electron chi connectivity index (χ0n) is 10.2. The van der Waals surface area contributed by atoms with Gasteiger partial charge in [0.1, 0.15) is 0 Å². The molecule has 6 heteroatoms. The quantitative estimate of drug-likeness (QED) is 0.647. The van der Waals surface area contributed by atoms with Crippen molar-refractivity contribution in [2.45, 2.75) is 38.3 Å². The first kappa shape index (κ1) is 13.8. The molecule has 2 amide bonds. The predicted octanol–water partition coefficient (Wildman–Crippen LogP) is 0.262. The number of aliphatic carboxylic acids is 1. The molecule has 1 rings (SSSR count). The van der Waals surface area contributed by atoms with Gasteiger partial charge in [0, 0.05) is 19.6 Å². The zero-order chi connectivity index (χ0) is 13.0. The van der Waals surface area contributed by atoms with Crippen molar-refractivity contribution in [2.24, 2.45) is 5.92 Å². The minimum absolute atomic E-state index is 0.0816. The van der Waals surface area contributed by atoms with E-state index >= 15 is 0 Å². The van der Waals surface area contributed by atoms with Crippen LogP contribution in [0.5, 0.6) is 0 Å². The molecule has 0 heterocycles. The fourth-order valence-electron chi connectivity index (χ4n) is 1.95. The zero-order valence-corrected chi connectivity index (χ0v) is 10.2. The number of rotatable bonds is 5. The Morgan fingerprint density at radius 3 is 2.53 bits per heavy atom. The van der Waals surface area contributed by atoms with Crippen LogP contribution >= 0.6 is 0 Å². The Kier molecular flexibility index (Phi) is 4.74. The average molecular weight is 244 g/mol. The molecule has 0 aromatic rings. The first-order valence-electron chi connectivity index (χ1n) is 5.80. The Morgan fingerprint density at radius 2 is 2.06 bits per heavy atom. The van der Waals surface area contributed by atoms with Crippen LogP contribution in [-0.2, 0) is 4.79 Å². The van der Waals surface area contributed by atoms with E-state index in [1.807, 2.05) is 0 Å². The molecule has 98 valence electrons. The summed E-state index contributed by atoms with van der Waals surface area (Å²) in [5.74, 6) is -0.571. The molecular formula is C11H20N2O4. The van der Waals surface area contributed by atoms with Gasteiger partial charge in [-0.1, -0.05) is 0 Å². The number of amides is 2. The number of nitrogens with one attached hydrogen (secondary N) is 1. The Balaban J connectivity index is 2.24. The van der Waals surface area contributed by atoms with Crippen molar-refractivity contribution in [3.8, 4) is 0 Å². The van der Waals surface area contributed by atoms with E-state index in [1.165, 1.54) is 4.90 Å². The molecule has 1 fully saturated rings. The van der Waals surface area contributed by atoms with Gasteiger partial charge in [-0.3, -0.25) is 4.79 Å². The van der Waals surface area contributed by atoms with Gasteiger partial charge >= 0.3 is 12.0 Å². The molecule has 1 saturated carbocycles. The molecule has 0 aromatic heterocycles. The van der Waals surface area contributed by atoms with Crippen molar-refractivity contribution in [1.82, 2.24) is 10.2 Å². The minimum atomic E-state index is -0.928. The monoisotopic (exact) mass is 244 g/mol. The molecule has 0 radical (unpaired) electrons. The molecule has 1 unspecified atom stereocenters. The molecule has 1 atom stereocenters. The van der Waals surface area contributed by atoms with Crippen molar-refractivity contribution >= 4 is 12.0 Å². The Morgan fingerprint density at radius 1 is 1.47 bits per heavy atom. The molecule has 0 bridgehead atoms. The lowest BCUT2D eigenvalue weighted by molar-refractivity contribution is -0.137. The molecular weight excluding hydrogens is 224 g/mol. The second kappa shape index (κ2) is 5.86. The van der Waals surface area contributed by atoms with E-state index in [2.05, 4.69) is 5.32 Å². The second-order valence-electron chi connectivity index (χ2n) is 4.82. The highest BCUT2D eigenvalue weighted by Crippen LogP contribution is 2.27. The largest absolute Gasteiger partial charge is 0.481 e. The molecule has 0 spiro atoms. The number of nitrogens with zero attached hydrogens (tertiary/aromatic N) is 1. The third-order valence-electron chi connectivity index (χ3n) is 2.94. The average Bonchev–Trinajstić information content (AvgIpc) is 2.13. The Hall–Kier alpha value is -1.30. The summed E-state index contributed by atoms with van der Waals surface area (Å²) in [6, 6.07) is -0.644. The minimum Gasteiger partial charge on any atom is -0.481 e. The van der Waals surface area contributed by atoms with Crippen LogP contribution in [0.25, 0.3) is 0 Å². The number of aliphatic hydroxyl groups excluding tert-OH is 1. The first-order chi connectivity index (χ1) is 7.88. The molecule has 17 heavy (non-hydrogen) atoms. The highest BCUT2D eigenvalue weighted by atomic mass is 16.4. The lowest BCUT2D eigenvalue weighted by atomic mass is 9.82. The predicted molar refractivity (Wildman–Crippen MR) is 61.6 cm³/mol. The number of hydrogen-bond donors (Lipinski definition) is 3. The van der Waals surface area contributed by atoms with Crippen LogP contribution in [0.4, 0.5) is 4.79 Å². The number of carbonyl (C=O) groups is 2. The van der Waals surface area contributed by atoms with E-state index in [0.717, 1.165) is 12.8 Å². The van der Waals surface area contributed by atoms with E-state index in [0.29, 0.717) is 12.5 Å². The maximum Gasteiger partial charge on any atom is 0.317 e. The molecule has 0 aliphatic heterocycles. The third-order valence-corrected chi connectivity index (χ3v) is 2.94. The van der Waals surface area contributed by atoms with E-state index < -0.39 is 5.97 Å². The lowest BCUT2D eigenvalue weighted by Crippen LogP contribution is -2.46. The summed E-state index contributed by atoms with van der Waals surface area (Å²) in [5.41, 5.74) is 0. The number of hydrogen-bond acceptors (Lipinski definition) is 3. The number of carbonyl (C=O) groups excluding carboxylic acids is 1. The van der Waals surface area contributed by atoms with Gasteiger partial charge in [-0.15, -0.1) is 0 Å². The van der Waals surface area contributed by atoms with Crippen LogP contribution in [-0.4, -0.2) is 52.9 Å². The van der Waals surface area contributed by atoms with E-state index in [9.17, 15) is 9.59 Å². The van der Waals surface area contributed by atoms with Crippen molar-refractivity contribution in [3.05, 3.63) is 0 Å². The summed E-state index contributed by atoms with van der Waals surface area (Å²) in [4.78, 5) is 23.6. The van der Waals surface area contributed by atoms with Crippen molar-refractivity contribution in [2.75, 3.05) is 13.6 Å². The summed E-state index contributed by atoms with van der Waals surface area (Å²) in [5, 5.41) is 20.3. The highest BCUT2D eigenvalue weighted by molar-refractivity contribution is 5.75. The van der Waals surface area contributed by atoms with Crippen molar-refractivity contribution in [3.63, 3.8) is 0 Å². The van der Waals surface area contributed by atoms with Gasteiger partial charge in [0.25, 0.3) is 0 Å². The molecule has 3 N–H and O–H groups in total. The summed E-state index contributed by atoms with van der Waals surface area (Å²) in [6.45, 7) is 2.26. The molecule has 1 aliphatic carbocycles. The molecule has 0 aromatic carbocycles. The maximum atomic E-state index is 11.7. The number of aliphatic hydroxyl groups is 1. The first-order valence-corrected chi connectivity index (χ1v) is 5.80. The fraction of sp³-hybridized carbons (Fsp3) is 0.818. The number of carboxylic acid groups (broad SMARTS) is 1. The number of urea groups is 1. The van der Waals surface area contributed by atoms with Crippen LogP contribution in [0, 0.1) is 5.92 Å². The number of carboxylic acids is 1. The van der Waals surface area contributed by atoms with Gasteiger partial charge in [-0.2, -0.15) is 0 Å². The second-order valence-corrected chi connectivity index (χ2v) is 4.82. The van der Waals surface area contributed by atoms with Crippen LogP contribution < -0.4 is 5.32 Å². The summed E-state index contributed by atoms with van der Waals surface area (Å²) in [6.07, 6.45) is 1.18. The van der Waals surface area contributed by atoms with Crippen LogP contribution in [0.15, 0.2) is 0 Å². The normalized spacial score (nSPS) is 24.6. The maximum absolute atomic E-state index is 11.7. The highest BCUT2D eigenvalue weighted by Gasteiger charge is 2.29. The standard InChI is InChI=1S/C11H20N2O4/c1-7(3-10(15)16)12-11(17)13(2)6-8-4-9(14)5-8/h7-9,14H,3-6H2,1-2H3,(H,12,17)(H,15,16). The van der Waals surface area contributed by atoms with Crippen LogP contribution in [0.1, 0.15) is 26.2 Å². The Labute approximate surface area is 101 Å². The SMILES string of the molecule is CC(CC(=O)O)NC(=O)N(C)CC1CC(O)C1. The third kappa shape index (κ3) is 4.60. The molecule has 0 saturated heterocycles. The van der Waals surface area contributed by atoms with Gasteiger partial charge < -0.3 is 20.4 Å². The van der Waals surface area contributed by atoms with Gasteiger partial charge in [-0.25, -0.2) is 4.79 Å². The molecule has 1 aliphatic rings. The van der Waals surface area contributed by atoms with Crippen LogP contribution in [0.3, 0.4) is 0 Å². The Bertz CT molecular complexity index is 289. The smallest absolute Gasteiger partial charge is 0.317 e. The summed E-state index contributed by atoms with van der Waals surface area (Å²) >= 11 is 0. The van der Waals surface area contributed by atoms with Crippen molar-refractivity contribution in [1.29, 1.82) is 0 Å². The summed E-state index contributed by atoms with van der Waals surface area (Å²) in [7, 11) is 1.67. The van der Waals surface area contributed by atoms with Gasteiger partial charge in [0.2, 0.25) is 0 Å². The van der Waals surface area contributed by atoms with E-state index in [1.54, 1.807) is 14.0 Å². The van der Waals surface area contributed by atoms with E-state index in [4.69, 9.17) is 10.2 Å².